The van der Waals surface area contributed by atoms with Gasteiger partial charge < -0.3 is 9.13 Å². The summed E-state index contributed by atoms with van der Waals surface area (Å²) in [5.74, 6) is 0. The molecule has 15 rings (SSSR count). The number of aromatic nitrogens is 2. The van der Waals surface area contributed by atoms with Crippen molar-refractivity contribution in [2.75, 3.05) is 0 Å². The van der Waals surface area contributed by atoms with Gasteiger partial charge in [-0.05, 0) is 115 Å². The number of para-hydroxylation sites is 2. The molecule has 332 valence electrons. The molecule has 0 radical (unpaired) electrons. The normalized spacial score (nSPS) is 13.4. The molecule has 0 amide bonds. The summed E-state index contributed by atoms with van der Waals surface area (Å²) in [6.07, 6.45) is 0. The fourth-order valence-corrected chi connectivity index (χ4v) is 18.8. The van der Waals surface area contributed by atoms with Crippen molar-refractivity contribution in [2.45, 2.75) is 15.2 Å². The molecule has 4 heteroatoms. The monoisotopic (exact) mass is 936 g/mol. The van der Waals surface area contributed by atoms with Crippen molar-refractivity contribution in [3.05, 3.63) is 289 Å². The molecule has 1 aliphatic heterocycles. The third-order valence-electron chi connectivity index (χ3n) is 15.7. The Balaban J connectivity index is 0.962. The van der Waals surface area contributed by atoms with E-state index in [4.69, 9.17) is 0 Å². The van der Waals surface area contributed by atoms with Crippen LogP contribution in [0.2, 0.25) is 0 Å². The lowest BCUT2D eigenvalue weighted by Gasteiger charge is -2.40. The van der Waals surface area contributed by atoms with Crippen LogP contribution in [0.1, 0.15) is 22.3 Å². The summed E-state index contributed by atoms with van der Waals surface area (Å²) >= 11 is 1.90. The highest BCUT2D eigenvalue weighted by atomic mass is 32.2. The van der Waals surface area contributed by atoms with Gasteiger partial charge in [-0.1, -0.05) is 218 Å². The van der Waals surface area contributed by atoms with Gasteiger partial charge in [0.25, 0.3) is 0 Å². The Kier molecular flexibility index (Phi) is 8.86. The van der Waals surface area contributed by atoms with E-state index in [1.54, 1.807) is 0 Å². The maximum absolute atomic E-state index is 2.80. The van der Waals surface area contributed by atoms with Gasteiger partial charge in [-0.25, -0.2) is 0 Å². The molecule has 2 nitrogen and oxygen atoms in total. The van der Waals surface area contributed by atoms with Crippen molar-refractivity contribution in [3.8, 4) is 22.5 Å². The molecule has 2 aromatic heterocycles. The summed E-state index contributed by atoms with van der Waals surface area (Å²) in [4.78, 5) is 2.61. The molecule has 0 saturated heterocycles. The third-order valence-corrected chi connectivity index (χ3v) is 21.7. The zero-order chi connectivity index (χ0) is 46.7. The minimum atomic E-state index is -2.80. The quantitative estimate of drug-likeness (QED) is 0.119. The summed E-state index contributed by atoms with van der Waals surface area (Å²) in [5, 5.41) is 10.4. The SMILES string of the molecule is c1ccc([Si](c2ccccc2)(c2ccccc2)c2ccc3c4ccccc4n(-c4ccc5c(c4)c4ccccc4n5-c4ccc5c(c4)C4(c6ccccc6S5)c5ccccc5-c5ccccc54)c3c2)cc1. The Hall–Kier alpha value is -8.41. The highest BCUT2D eigenvalue weighted by Gasteiger charge is 2.50. The molecule has 13 aromatic rings. The van der Waals surface area contributed by atoms with Gasteiger partial charge in [0.05, 0.1) is 27.5 Å². The van der Waals surface area contributed by atoms with Crippen LogP contribution < -0.4 is 20.7 Å². The van der Waals surface area contributed by atoms with Crippen LogP contribution in [0.5, 0.6) is 0 Å². The highest BCUT2D eigenvalue weighted by molar-refractivity contribution is 7.99. The maximum atomic E-state index is 2.53. The van der Waals surface area contributed by atoms with Crippen LogP contribution in [0.4, 0.5) is 0 Å². The van der Waals surface area contributed by atoms with Gasteiger partial charge in [0.15, 0.2) is 8.07 Å². The minimum Gasteiger partial charge on any atom is -0.309 e. The second-order valence-electron chi connectivity index (χ2n) is 19.1. The van der Waals surface area contributed by atoms with Crippen molar-refractivity contribution >= 4 is 84.2 Å². The highest BCUT2D eigenvalue weighted by Crippen LogP contribution is 2.62. The van der Waals surface area contributed by atoms with Crippen molar-refractivity contribution in [2.24, 2.45) is 0 Å². The lowest BCUT2D eigenvalue weighted by molar-refractivity contribution is 0.721. The van der Waals surface area contributed by atoms with Gasteiger partial charge in [0.1, 0.15) is 0 Å². The van der Waals surface area contributed by atoms with E-state index < -0.39 is 13.5 Å². The van der Waals surface area contributed by atoms with E-state index in [0.29, 0.717) is 0 Å². The lowest BCUT2D eigenvalue weighted by Crippen LogP contribution is -2.74. The summed E-state index contributed by atoms with van der Waals surface area (Å²) in [5.41, 5.74) is 14.7. The maximum Gasteiger partial charge on any atom is 0.179 e. The molecule has 71 heavy (non-hydrogen) atoms. The van der Waals surface area contributed by atoms with Crippen LogP contribution in [0, 0.1) is 0 Å². The van der Waals surface area contributed by atoms with Crippen molar-refractivity contribution in [1.29, 1.82) is 0 Å². The molecule has 1 spiro atoms. The van der Waals surface area contributed by atoms with Crippen molar-refractivity contribution < 1.29 is 0 Å². The Morgan fingerprint density at radius 2 is 0.732 bits per heavy atom. The van der Waals surface area contributed by atoms with Crippen molar-refractivity contribution in [1.82, 2.24) is 9.13 Å². The van der Waals surface area contributed by atoms with Gasteiger partial charge in [0.2, 0.25) is 0 Å². The van der Waals surface area contributed by atoms with Gasteiger partial charge in [-0.2, -0.15) is 0 Å². The largest absolute Gasteiger partial charge is 0.309 e. The van der Waals surface area contributed by atoms with Crippen LogP contribution in [0.25, 0.3) is 66.1 Å². The Bertz CT molecular complexity index is 4120. The van der Waals surface area contributed by atoms with Gasteiger partial charge in [-0.3, -0.25) is 0 Å². The summed E-state index contributed by atoms with van der Waals surface area (Å²) in [7, 11) is -2.80. The average Bonchev–Trinajstić information content (AvgIpc) is 4.06. The lowest BCUT2D eigenvalue weighted by atomic mass is 9.67. The van der Waals surface area contributed by atoms with Crippen LogP contribution >= 0.6 is 11.8 Å². The van der Waals surface area contributed by atoms with Crippen LogP contribution in [0.3, 0.4) is 0 Å². The molecule has 0 atom stereocenters. The molecule has 2 aliphatic rings. The molecule has 11 aromatic carbocycles. The second kappa shape index (κ2) is 15.5. The number of hydrogen-bond acceptors (Lipinski definition) is 1. The second-order valence-corrected chi connectivity index (χ2v) is 24.0. The zero-order valence-electron chi connectivity index (χ0n) is 38.7. The molecule has 3 heterocycles. The van der Waals surface area contributed by atoms with E-state index in [1.165, 1.54) is 108 Å². The predicted octanol–water partition coefficient (Wildman–Crippen LogP) is 14.1. The first kappa shape index (κ1) is 40.5. The molecule has 0 saturated carbocycles. The first-order chi connectivity index (χ1) is 35.2. The zero-order valence-corrected chi connectivity index (χ0v) is 40.5. The molecule has 0 unspecified atom stereocenters. The van der Waals surface area contributed by atoms with Crippen LogP contribution in [0.15, 0.2) is 277 Å². The molecule has 0 N–H and O–H groups in total. The Labute approximate surface area is 417 Å². The molecule has 0 bridgehead atoms. The number of benzene rings is 11. The van der Waals surface area contributed by atoms with E-state index in [9.17, 15) is 0 Å². The van der Waals surface area contributed by atoms with Gasteiger partial charge in [0, 0.05) is 42.7 Å². The predicted molar refractivity (Wildman–Crippen MR) is 300 cm³/mol. The van der Waals surface area contributed by atoms with Gasteiger partial charge >= 0.3 is 0 Å². The van der Waals surface area contributed by atoms with E-state index in [1.807, 2.05) is 11.8 Å². The van der Waals surface area contributed by atoms with E-state index >= 15 is 0 Å². The number of rotatable bonds is 6. The molecular weight excluding hydrogens is 893 g/mol. The first-order valence-corrected chi connectivity index (χ1v) is 27.4. The third kappa shape index (κ3) is 5.60. The van der Waals surface area contributed by atoms with E-state index in [0.717, 1.165) is 11.4 Å². The number of nitrogens with zero attached hydrogens (tertiary/aromatic N) is 2. The van der Waals surface area contributed by atoms with Crippen LogP contribution in [-0.4, -0.2) is 17.2 Å². The topological polar surface area (TPSA) is 9.86 Å². The fraction of sp³-hybridized carbons (Fsp3) is 0.0149. The fourth-order valence-electron chi connectivity index (χ4n) is 12.9. The van der Waals surface area contributed by atoms with E-state index in [2.05, 4.69) is 276 Å². The summed E-state index contributed by atoms with van der Waals surface area (Å²) in [6.45, 7) is 0. The smallest absolute Gasteiger partial charge is 0.179 e. The summed E-state index contributed by atoms with van der Waals surface area (Å²) in [6, 6.07) is 101. The van der Waals surface area contributed by atoms with Gasteiger partial charge in [-0.15, -0.1) is 0 Å². The standard InChI is InChI=1S/C67H44N2SSi/c1-4-20-47(21-5-1)71(48-22-6-2-7-23-48,49-24-8-3-9-25-49)50-38-39-55-53-28-12-17-33-61(53)69(64(55)44-50)45-36-40-63-56(42-45)54-29-13-18-34-62(54)68(63)46-37-41-66-60(43-46)67(59-32-16-19-35-65(59)70-66)57-30-14-10-26-51(57)52-27-11-15-31-58(52)67/h1-44H. The number of hydrogen-bond donors (Lipinski definition) is 0. The minimum absolute atomic E-state index is 0.455. The van der Waals surface area contributed by atoms with E-state index in [-0.39, 0.29) is 0 Å². The molecular formula is C67H44N2SSi. The molecule has 0 fully saturated rings. The Morgan fingerprint density at radius 3 is 1.37 bits per heavy atom. The first-order valence-electron chi connectivity index (χ1n) is 24.6. The van der Waals surface area contributed by atoms with Crippen LogP contribution in [-0.2, 0) is 5.41 Å². The average molecular weight is 937 g/mol. The Morgan fingerprint density at radius 1 is 0.282 bits per heavy atom. The number of fused-ring (bicyclic) bond motifs is 15. The molecule has 1 aliphatic carbocycles. The van der Waals surface area contributed by atoms with Crippen molar-refractivity contribution in [3.63, 3.8) is 0 Å². The summed E-state index contributed by atoms with van der Waals surface area (Å²) < 4.78 is 5.02.